The largest absolute Gasteiger partial charge is 0.388 e. The highest BCUT2D eigenvalue weighted by atomic mass is 14.8. The third kappa shape index (κ3) is 4.29. The summed E-state index contributed by atoms with van der Waals surface area (Å²) in [6, 6.07) is 19.1. The van der Waals surface area contributed by atoms with Gasteiger partial charge in [0.05, 0.1) is 0 Å². The molecule has 0 saturated carbocycles. The van der Waals surface area contributed by atoms with Crippen molar-refractivity contribution in [1.82, 2.24) is 0 Å². The molecule has 0 heterocycles. The van der Waals surface area contributed by atoms with E-state index < -0.39 is 0 Å². The van der Waals surface area contributed by atoms with Crippen molar-refractivity contribution in [2.24, 2.45) is 5.73 Å². The molecule has 2 aromatic rings. The highest BCUT2D eigenvalue weighted by Gasteiger charge is 1.95. The molecule has 0 amide bonds. The fourth-order valence-corrected chi connectivity index (χ4v) is 1.62. The SMILES string of the molecule is CN.CNc1ccc(Cc2ccccc2)cc1. The standard InChI is InChI=1S/C14H15N.CH5N/c1-15-14-9-7-13(8-10-14)11-12-5-3-2-4-6-12;1-2/h2-10,15H,11H2,1H3;2H2,1H3. The summed E-state index contributed by atoms with van der Waals surface area (Å²) < 4.78 is 0. The van der Waals surface area contributed by atoms with Crippen LogP contribution in [0.15, 0.2) is 54.6 Å². The Bertz CT molecular complexity index is 407. The van der Waals surface area contributed by atoms with E-state index >= 15 is 0 Å². The third-order valence-electron chi connectivity index (χ3n) is 2.49. The second kappa shape index (κ2) is 7.47. The van der Waals surface area contributed by atoms with Gasteiger partial charge in [-0.1, -0.05) is 42.5 Å². The Labute approximate surface area is 103 Å². The van der Waals surface area contributed by atoms with Crippen LogP contribution < -0.4 is 11.1 Å². The van der Waals surface area contributed by atoms with Gasteiger partial charge in [-0.15, -0.1) is 0 Å². The Balaban J connectivity index is 0.000000686. The van der Waals surface area contributed by atoms with Crippen LogP contribution >= 0.6 is 0 Å². The van der Waals surface area contributed by atoms with Gasteiger partial charge in [0.2, 0.25) is 0 Å². The van der Waals surface area contributed by atoms with Crippen molar-refractivity contribution in [2.75, 3.05) is 19.4 Å². The Hall–Kier alpha value is -1.80. The molecular formula is C15H20N2. The van der Waals surface area contributed by atoms with Gasteiger partial charge in [-0.3, -0.25) is 0 Å². The number of hydrogen-bond donors (Lipinski definition) is 2. The smallest absolute Gasteiger partial charge is 0.0337 e. The van der Waals surface area contributed by atoms with Crippen molar-refractivity contribution in [3.05, 3.63) is 65.7 Å². The lowest BCUT2D eigenvalue weighted by molar-refractivity contribution is 1.19. The lowest BCUT2D eigenvalue weighted by Crippen LogP contribution is -1.90. The van der Waals surface area contributed by atoms with Crippen LogP contribution in [-0.4, -0.2) is 14.1 Å². The van der Waals surface area contributed by atoms with Crippen LogP contribution in [0.3, 0.4) is 0 Å². The number of anilines is 1. The van der Waals surface area contributed by atoms with E-state index in [0.29, 0.717) is 0 Å². The van der Waals surface area contributed by atoms with Gasteiger partial charge in [0.25, 0.3) is 0 Å². The van der Waals surface area contributed by atoms with E-state index in [0.717, 1.165) is 12.1 Å². The maximum atomic E-state index is 4.50. The first-order valence-electron chi connectivity index (χ1n) is 5.77. The van der Waals surface area contributed by atoms with Crippen LogP contribution in [-0.2, 0) is 6.42 Å². The molecule has 2 rings (SSSR count). The van der Waals surface area contributed by atoms with E-state index in [1.807, 2.05) is 13.1 Å². The predicted molar refractivity (Wildman–Crippen MR) is 75.3 cm³/mol. The van der Waals surface area contributed by atoms with Crippen LogP contribution in [0.25, 0.3) is 0 Å². The van der Waals surface area contributed by atoms with Crippen molar-refractivity contribution < 1.29 is 0 Å². The van der Waals surface area contributed by atoms with Crippen LogP contribution in [0.5, 0.6) is 0 Å². The molecule has 0 saturated heterocycles. The number of hydrogen-bond acceptors (Lipinski definition) is 2. The Morgan fingerprint density at radius 1 is 0.824 bits per heavy atom. The van der Waals surface area contributed by atoms with Gasteiger partial charge in [0.15, 0.2) is 0 Å². The molecule has 0 aromatic heterocycles. The summed E-state index contributed by atoms with van der Waals surface area (Å²) in [5.41, 5.74) is 8.36. The molecule has 0 spiro atoms. The summed E-state index contributed by atoms with van der Waals surface area (Å²) in [7, 11) is 3.44. The topological polar surface area (TPSA) is 38.0 Å². The maximum Gasteiger partial charge on any atom is 0.0337 e. The molecule has 17 heavy (non-hydrogen) atoms. The summed E-state index contributed by atoms with van der Waals surface area (Å²) in [5.74, 6) is 0. The Kier molecular flexibility index (Phi) is 5.83. The lowest BCUT2D eigenvalue weighted by atomic mass is 10.1. The molecule has 0 atom stereocenters. The van der Waals surface area contributed by atoms with E-state index in [9.17, 15) is 0 Å². The molecule has 2 heteroatoms. The number of benzene rings is 2. The second-order valence-electron chi connectivity index (χ2n) is 3.61. The molecule has 2 aromatic carbocycles. The number of nitrogens with two attached hydrogens (primary N) is 1. The molecule has 90 valence electrons. The minimum absolute atomic E-state index is 1.00. The summed E-state index contributed by atoms with van der Waals surface area (Å²) >= 11 is 0. The minimum atomic E-state index is 1.00. The summed E-state index contributed by atoms with van der Waals surface area (Å²) in [6.45, 7) is 0. The monoisotopic (exact) mass is 228 g/mol. The molecule has 0 aliphatic carbocycles. The highest BCUT2D eigenvalue weighted by Crippen LogP contribution is 2.12. The van der Waals surface area contributed by atoms with Crippen molar-refractivity contribution in [2.45, 2.75) is 6.42 Å². The molecule has 0 aliphatic heterocycles. The zero-order valence-corrected chi connectivity index (χ0v) is 10.5. The lowest BCUT2D eigenvalue weighted by Gasteiger charge is -2.03. The van der Waals surface area contributed by atoms with Crippen LogP contribution in [0.2, 0.25) is 0 Å². The molecular weight excluding hydrogens is 208 g/mol. The zero-order valence-electron chi connectivity index (χ0n) is 10.5. The predicted octanol–water partition coefficient (Wildman–Crippen LogP) is 2.89. The first-order valence-corrected chi connectivity index (χ1v) is 5.77. The van der Waals surface area contributed by atoms with E-state index in [4.69, 9.17) is 0 Å². The normalized spacial score (nSPS) is 9.12. The minimum Gasteiger partial charge on any atom is -0.388 e. The molecule has 0 radical (unpaired) electrons. The fourth-order valence-electron chi connectivity index (χ4n) is 1.62. The summed E-state index contributed by atoms with van der Waals surface area (Å²) in [4.78, 5) is 0. The van der Waals surface area contributed by atoms with Crippen molar-refractivity contribution >= 4 is 5.69 Å². The molecule has 2 nitrogen and oxygen atoms in total. The van der Waals surface area contributed by atoms with Gasteiger partial charge >= 0.3 is 0 Å². The van der Waals surface area contributed by atoms with E-state index in [-0.39, 0.29) is 0 Å². The third-order valence-corrected chi connectivity index (χ3v) is 2.49. The Morgan fingerprint density at radius 2 is 1.35 bits per heavy atom. The van der Waals surface area contributed by atoms with Gasteiger partial charge in [-0.25, -0.2) is 0 Å². The fraction of sp³-hybridized carbons (Fsp3) is 0.200. The molecule has 0 fully saturated rings. The maximum absolute atomic E-state index is 4.50. The average molecular weight is 228 g/mol. The summed E-state index contributed by atoms with van der Waals surface area (Å²) in [6.07, 6.45) is 1.00. The molecule has 0 unspecified atom stereocenters. The van der Waals surface area contributed by atoms with Crippen LogP contribution in [0.1, 0.15) is 11.1 Å². The van der Waals surface area contributed by atoms with Gasteiger partial charge in [0.1, 0.15) is 0 Å². The van der Waals surface area contributed by atoms with Crippen LogP contribution in [0, 0.1) is 0 Å². The first-order chi connectivity index (χ1) is 8.38. The number of rotatable bonds is 3. The van der Waals surface area contributed by atoms with Crippen molar-refractivity contribution in [3.63, 3.8) is 0 Å². The Morgan fingerprint density at radius 3 is 1.88 bits per heavy atom. The van der Waals surface area contributed by atoms with Crippen molar-refractivity contribution in [3.8, 4) is 0 Å². The van der Waals surface area contributed by atoms with Crippen LogP contribution in [0.4, 0.5) is 5.69 Å². The van der Waals surface area contributed by atoms with Gasteiger partial charge in [-0.05, 0) is 36.7 Å². The number of nitrogens with one attached hydrogen (secondary N) is 1. The molecule has 0 aliphatic rings. The second-order valence-corrected chi connectivity index (χ2v) is 3.61. The van der Waals surface area contributed by atoms with Gasteiger partial charge in [0, 0.05) is 12.7 Å². The highest BCUT2D eigenvalue weighted by molar-refractivity contribution is 5.44. The van der Waals surface area contributed by atoms with Crippen molar-refractivity contribution in [1.29, 1.82) is 0 Å². The van der Waals surface area contributed by atoms with E-state index in [1.54, 1.807) is 0 Å². The zero-order chi connectivity index (χ0) is 12.5. The first kappa shape index (κ1) is 13.3. The van der Waals surface area contributed by atoms with E-state index in [2.05, 4.69) is 59.6 Å². The quantitative estimate of drug-likeness (QED) is 0.847. The molecule has 3 N–H and O–H groups in total. The molecule has 0 bridgehead atoms. The summed E-state index contributed by atoms with van der Waals surface area (Å²) in [5, 5.41) is 3.12. The van der Waals surface area contributed by atoms with Gasteiger partial charge in [-0.2, -0.15) is 0 Å². The average Bonchev–Trinajstić information content (AvgIpc) is 2.43. The van der Waals surface area contributed by atoms with Gasteiger partial charge < -0.3 is 11.1 Å². The van der Waals surface area contributed by atoms with E-state index in [1.165, 1.54) is 18.2 Å².